The molecule has 2 unspecified atom stereocenters. The van der Waals surface area contributed by atoms with Crippen molar-refractivity contribution in [3.8, 4) is 0 Å². The van der Waals surface area contributed by atoms with Gasteiger partial charge >= 0.3 is 0 Å². The molecular formula is C13H16F2O2. The second-order valence-electron chi connectivity index (χ2n) is 4.75. The summed E-state index contributed by atoms with van der Waals surface area (Å²) in [6.07, 6.45) is 0.978. The normalized spacial score (nSPS) is 29.3. The molecule has 94 valence electrons. The van der Waals surface area contributed by atoms with E-state index in [0.29, 0.717) is 19.4 Å². The predicted octanol–water partition coefficient (Wildman–Crippen LogP) is 2.44. The number of hydrogen-bond acceptors (Lipinski definition) is 2. The van der Waals surface area contributed by atoms with Crippen LogP contribution in [-0.4, -0.2) is 23.4 Å². The van der Waals surface area contributed by atoms with Crippen LogP contribution in [0.1, 0.15) is 25.3 Å². The molecule has 1 aliphatic rings. The first-order chi connectivity index (χ1) is 8.00. The predicted molar refractivity (Wildman–Crippen MR) is 59.7 cm³/mol. The van der Waals surface area contributed by atoms with Crippen molar-refractivity contribution < 1.29 is 18.6 Å². The Kier molecular flexibility index (Phi) is 3.45. The highest BCUT2D eigenvalue weighted by atomic mass is 19.2. The van der Waals surface area contributed by atoms with E-state index in [2.05, 4.69) is 0 Å². The van der Waals surface area contributed by atoms with Crippen molar-refractivity contribution >= 4 is 0 Å². The number of aliphatic hydroxyl groups is 1. The summed E-state index contributed by atoms with van der Waals surface area (Å²) in [6, 6.07) is 4.05. The van der Waals surface area contributed by atoms with Gasteiger partial charge < -0.3 is 9.84 Å². The highest BCUT2D eigenvalue weighted by molar-refractivity contribution is 5.21. The summed E-state index contributed by atoms with van der Waals surface area (Å²) < 4.78 is 31.9. The van der Waals surface area contributed by atoms with Gasteiger partial charge in [-0.3, -0.25) is 0 Å². The Hall–Kier alpha value is -1.00. The summed E-state index contributed by atoms with van der Waals surface area (Å²) in [4.78, 5) is 0. The Balaban J connectivity index is 2.17. The summed E-state index contributed by atoms with van der Waals surface area (Å²) in [5, 5.41) is 10.3. The maximum Gasteiger partial charge on any atom is 0.162 e. The molecule has 0 aromatic heterocycles. The van der Waals surface area contributed by atoms with Gasteiger partial charge in [0.1, 0.15) is 0 Å². The lowest BCUT2D eigenvalue weighted by molar-refractivity contribution is -0.0964. The van der Waals surface area contributed by atoms with Crippen molar-refractivity contribution in [2.75, 3.05) is 6.61 Å². The summed E-state index contributed by atoms with van der Waals surface area (Å²) in [7, 11) is 0. The number of hydrogen-bond donors (Lipinski definition) is 1. The van der Waals surface area contributed by atoms with Gasteiger partial charge in [-0.1, -0.05) is 12.1 Å². The monoisotopic (exact) mass is 242 g/mol. The molecule has 0 spiro atoms. The topological polar surface area (TPSA) is 29.5 Å². The number of rotatable bonds is 2. The van der Waals surface area contributed by atoms with E-state index in [9.17, 15) is 13.9 Å². The van der Waals surface area contributed by atoms with E-state index in [1.165, 1.54) is 12.1 Å². The zero-order valence-corrected chi connectivity index (χ0v) is 9.75. The van der Waals surface area contributed by atoms with Crippen LogP contribution in [0.15, 0.2) is 18.2 Å². The molecular weight excluding hydrogens is 226 g/mol. The van der Waals surface area contributed by atoms with Crippen molar-refractivity contribution in [3.05, 3.63) is 35.4 Å². The summed E-state index contributed by atoms with van der Waals surface area (Å²) in [6.45, 7) is 2.32. The summed E-state index contributed by atoms with van der Waals surface area (Å²) in [5.74, 6) is -1.73. The number of benzene rings is 1. The number of halogens is 2. The van der Waals surface area contributed by atoms with E-state index in [1.54, 1.807) is 0 Å². The van der Waals surface area contributed by atoms with Gasteiger partial charge in [0.15, 0.2) is 11.6 Å². The molecule has 2 nitrogen and oxygen atoms in total. The molecule has 2 rings (SSSR count). The molecule has 1 aromatic carbocycles. The first-order valence-electron chi connectivity index (χ1n) is 5.77. The maximum atomic E-state index is 13.5. The van der Waals surface area contributed by atoms with Gasteiger partial charge in [0, 0.05) is 19.4 Å². The second-order valence-corrected chi connectivity index (χ2v) is 4.75. The molecule has 1 aliphatic heterocycles. The zero-order chi connectivity index (χ0) is 12.5. The Morgan fingerprint density at radius 2 is 2.24 bits per heavy atom. The molecule has 1 heterocycles. The average Bonchev–Trinajstić information content (AvgIpc) is 2.24. The third-order valence-electron chi connectivity index (χ3n) is 3.19. The third kappa shape index (κ3) is 2.82. The van der Waals surface area contributed by atoms with Crippen LogP contribution < -0.4 is 0 Å². The lowest BCUT2D eigenvalue weighted by Crippen LogP contribution is -2.41. The highest BCUT2D eigenvalue weighted by Crippen LogP contribution is 2.29. The quantitative estimate of drug-likeness (QED) is 0.863. The molecule has 1 fully saturated rings. The molecule has 0 aliphatic carbocycles. The Labute approximate surface area is 99.2 Å². The molecule has 1 N–H and O–H groups in total. The minimum absolute atomic E-state index is 0.0506. The molecule has 17 heavy (non-hydrogen) atoms. The maximum absolute atomic E-state index is 13.5. The zero-order valence-electron chi connectivity index (χ0n) is 9.75. The van der Waals surface area contributed by atoms with Crippen molar-refractivity contribution in [1.29, 1.82) is 0 Å². The lowest BCUT2D eigenvalue weighted by Gasteiger charge is -2.35. The van der Waals surface area contributed by atoms with E-state index in [0.717, 1.165) is 6.07 Å². The van der Waals surface area contributed by atoms with E-state index in [1.807, 2.05) is 6.92 Å². The fourth-order valence-corrected chi connectivity index (χ4v) is 2.35. The van der Waals surface area contributed by atoms with Gasteiger partial charge in [-0.05, 0) is 25.0 Å². The summed E-state index contributed by atoms with van der Waals surface area (Å²) in [5.41, 5.74) is -0.770. The standard InChI is InChI=1S/C13H16F2O2/c1-9-7-13(16,5-6-17-9)8-10-3-2-4-11(14)12(10)15/h2-4,9,16H,5-8H2,1H3. The van der Waals surface area contributed by atoms with Crippen molar-refractivity contribution in [1.82, 2.24) is 0 Å². The van der Waals surface area contributed by atoms with Gasteiger partial charge in [0.2, 0.25) is 0 Å². The molecule has 1 aromatic rings. The van der Waals surface area contributed by atoms with Crippen LogP contribution in [0.4, 0.5) is 8.78 Å². The first kappa shape index (κ1) is 12.5. The van der Waals surface area contributed by atoms with Gasteiger partial charge in [-0.25, -0.2) is 8.78 Å². The van der Waals surface area contributed by atoms with Crippen LogP contribution in [0.5, 0.6) is 0 Å². The average molecular weight is 242 g/mol. The molecule has 2 atom stereocenters. The van der Waals surface area contributed by atoms with Crippen LogP contribution in [0, 0.1) is 11.6 Å². The van der Waals surface area contributed by atoms with Crippen LogP contribution in [0.2, 0.25) is 0 Å². The van der Waals surface area contributed by atoms with E-state index >= 15 is 0 Å². The highest BCUT2D eigenvalue weighted by Gasteiger charge is 2.34. The minimum atomic E-state index is -0.994. The Morgan fingerprint density at radius 3 is 2.94 bits per heavy atom. The van der Waals surface area contributed by atoms with Crippen molar-refractivity contribution in [2.45, 2.75) is 37.9 Å². The van der Waals surface area contributed by atoms with Crippen LogP contribution in [0.25, 0.3) is 0 Å². The fourth-order valence-electron chi connectivity index (χ4n) is 2.35. The van der Waals surface area contributed by atoms with E-state index in [4.69, 9.17) is 4.74 Å². The molecule has 0 bridgehead atoms. The molecule has 4 heteroatoms. The van der Waals surface area contributed by atoms with Gasteiger partial charge in [0.05, 0.1) is 11.7 Å². The van der Waals surface area contributed by atoms with Crippen molar-refractivity contribution in [2.24, 2.45) is 0 Å². The van der Waals surface area contributed by atoms with Gasteiger partial charge in [-0.15, -0.1) is 0 Å². The van der Waals surface area contributed by atoms with Crippen molar-refractivity contribution in [3.63, 3.8) is 0 Å². The fraction of sp³-hybridized carbons (Fsp3) is 0.538. The molecule has 0 saturated carbocycles. The lowest BCUT2D eigenvalue weighted by atomic mass is 9.85. The Bertz CT molecular complexity index is 408. The smallest absolute Gasteiger partial charge is 0.162 e. The SMILES string of the molecule is CC1CC(O)(Cc2cccc(F)c2F)CCO1. The minimum Gasteiger partial charge on any atom is -0.389 e. The van der Waals surface area contributed by atoms with Crippen LogP contribution >= 0.6 is 0 Å². The van der Waals surface area contributed by atoms with Crippen LogP contribution in [0.3, 0.4) is 0 Å². The van der Waals surface area contributed by atoms with Crippen LogP contribution in [-0.2, 0) is 11.2 Å². The van der Waals surface area contributed by atoms with Gasteiger partial charge in [0.25, 0.3) is 0 Å². The first-order valence-corrected chi connectivity index (χ1v) is 5.77. The summed E-state index contributed by atoms with van der Waals surface area (Å²) >= 11 is 0. The number of ether oxygens (including phenoxy) is 1. The molecule has 0 radical (unpaired) electrons. The Morgan fingerprint density at radius 1 is 1.47 bits per heavy atom. The van der Waals surface area contributed by atoms with Gasteiger partial charge in [-0.2, -0.15) is 0 Å². The molecule has 1 saturated heterocycles. The van der Waals surface area contributed by atoms with E-state index in [-0.39, 0.29) is 18.1 Å². The molecule has 0 amide bonds. The third-order valence-corrected chi connectivity index (χ3v) is 3.19. The van der Waals surface area contributed by atoms with E-state index < -0.39 is 17.2 Å². The second kappa shape index (κ2) is 4.70. The largest absolute Gasteiger partial charge is 0.389 e.